The van der Waals surface area contributed by atoms with Gasteiger partial charge < -0.3 is 14.2 Å². The zero-order chi connectivity index (χ0) is 21.5. The van der Waals surface area contributed by atoms with E-state index in [9.17, 15) is 4.57 Å². The Morgan fingerprint density at radius 1 is 0.448 bits per heavy atom. The van der Waals surface area contributed by atoms with Crippen molar-refractivity contribution < 1.29 is 32.3 Å². The molecule has 0 aromatic carbocycles. The van der Waals surface area contributed by atoms with Crippen LogP contribution in [0.15, 0.2) is 0 Å². The zero-order valence-electron chi connectivity index (χ0n) is 19.0. The van der Waals surface area contributed by atoms with Crippen molar-refractivity contribution in [2.24, 2.45) is 0 Å². The molecule has 0 aromatic heterocycles. The molecule has 0 N–H and O–H groups in total. The SMILES string of the molecule is CCCCCOCCOP(=O)(OCCOCCCCC)OCCOCCCCC. The van der Waals surface area contributed by atoms with Crippen LogP contribution in [-0.4, -0.2) is 59.5 Å². The maximum atomic E-state index is 12.8. The number of ether oxygens (including phenoxy) is 3. The summed E-state index contributed by atoms with van der Waals surface area (Å²) in [6, 6.07) is 0. The van der Waals surface area contributed by atoms with E-state index in [1.54, 1.807) is 0 Å². The van der Waals surface area contributed by atoms with Gasteiger partial charge in [-0.1, -0.05) is 59.3 Å². The Bertz CT molecular complexity index is 317. The average molecular weight is 441 g/mol. The molecular weight excluding hydrogens is 395 g/mol. The quantitative estimate of drug-likeness (QED) is 0.139. The highest BCUT2D eigenvalue weighted by atomic mass is 31.2. The van der Waals surface area contributed by atoms with E-state index >= 15 is 0 Å². The molecule has 0 radical (unpaired) electrons. The van der Waals surface area contributed by atoms with Gasteiger partial charge in [-0.3, -0.25) is 13.6 Å². The summed E-state index contributed by atoms with van der Waals surface area (Å²) in [6.07, 6.45) is 9.93. The second-order valence-electron chi connectivity index (χ2n) is 6.91. The number of hydrogen-bond donors (Lipinski definition) is 0. The smallest absolute Gasteiger partial charge is 0.379 e. The van der Waals surface area contributed by atoms with Crippen LogP contribution in [0.3, 0.4) is 0 Å². The van der Waals surface area contributed by atoms with Crippen molar-refractivity contribution in [1.82, 2.24) is 0 Å². The molecule has 29 heavy (non-hydrogen) atoms. The lowest BCUT2D eigenvalue weighted by molar-refractivity contribution is 0.0328. The third-order valence-electron chi connectivity index (χ3n) is 4.11. The zero-order valence-corrected chi connectivity index (χ0v) is 19.9. The topological polar surface area (TPSA) is 72.5 Å². The van der Waals surface area contributed by atoms with Crippen LogP contribution in [0, 0.1) is 0 Å². The summed E-state index contributed by atoms with van der Waals surface area (Å²) in [7, 11) is -3.64. The number of rotatable bonds is 24. The van der Waals surface area contributed by atoms with Crippen molar-refractivity contribution in [3.8, 4) is 0 Å². The molecule has 0 aliphatic heterocycles. The molecule has 0 aliphatic carbocycles. The minimum absolute atomic E-state index is 0.165. The van der Waals surface area contributed by atoms with Gasteiger partial charge in [0.25, 0.3) is 0 Å². The van der Waals surface area contributed by atoms with E-state index in [0.29, 0.717) is 39.6 Å². The molecule has 8 heteroatoms. The summed E-state index contributed by atoms with van der Waals surface area (Å²) in [5.41, 5.74) is 0. The molecule has 0 saturated carbocycles. The standard InChI is InChI=1S/C21H45O7P/c1-4-7-10-13-23-16-19-26-29(22,27-20-17-24-14-11-8-5-2)28-21-18-25-15-12-9-6-3/h4-21H2,1-3H3. The molecule has 7 nitrogen and oxygen atoms in total. The first-order valence-electron chi connectivity index (χ1n) is 11.4. The number of phosphoric ester groups is 1. The van der Waals surface area contributed by atoms with Gasteiger partial charge in [0, 0.05) is 19.8 Å². The summed E-state index contributed by atoms with van der Waals surface area (Å²) >= 11 is 0. The van der Waals surface area contributed by atoms with Crippen molar-refractivity contribution in [3.63, 3.8) is 0 Å². The predicted molar refractivity (Wildman–Crippen MR) is 116 cm³/mol. The summed E-state index contributed by atoms with van der Waals surface area (Å²) in [4.78, 5) is 0. The lowest BCUT2D eigenvalue weighted by Crippen LogP contribution is -2.12. The molecule has 0 aromatic rings. The Kier molecular flexibility index (Phi) is 22.7. The number of unbranched alkanes of at least 4 members (excludes halogenated alkanes) is 6. The van der Waals surface area contributed by atoms with Crippen LogP contribution < -0.4 is 0 Å². The maximum absolute atomic E-state index is 12.8. The molecule has 0 aliphatic rings. The molecule has 0 heterocycles. The van der Waals surface area contributed by atoms with Crippen molar-refractivity contribution >= 4 is 7.82 Å². The first kappa shape index (κ1) is 29.0. The lowest BCUT2D eigenvalue weighted by Gasteiger charge is -2.18. The molecule has 176 valence electrons. The van der Waals surface area contributed by atoms with Crippen LogP contribution in [-0.2, 0) is 32.3 Å². The lowest BCUT2D eigenvalue weighted by atomic mass is 10.3. The highest BCUT2D eigenvalue weighted by molar-refractivity contribution is 7.48. The second-order valence-corrected chi connectivity index (χ2v) is 8.57. The summed E-state index contributed by atoms with van der Waals surface area (Å²) in [5.74, 6) is 0. The molecule has 0 saturated heterocycles. The minimum Gasteiger partial charge on any atom is -0.379 e. The third-order valence-corrected chi connectivity index (χ3v) is 5.60. The number of hydrogen-bond acceptors (Lipinski definition) is 7. The molecule has 0 fully saturated rings. The van der Waals surface area contributed by atoms with Gasteiger partial charge in [0.05, 0.1) is 39.6 Å². The van der Waals surface area contributed by atoms with Gasteiger partial charge in [0.2, 0.25) is 0 Å². The molecule has 0 spiro atoms. The molecule has 0 bridgehead atoms. The van der Waals surface area contributed by atoms with Crippen molar-refractivity contribution in [3.05, 3.63) is 0 Å². The van der Waals surface area contributed by atoms with E-state index in [-0.39, 0.29) is 19.8 Å². The Labute approximate surface area is 178 Å². The molecule has 0 amide bonds. The predicted octanol–water partition coefficient (Wildman–Crippen LogP) is 5.76. The normalized spacial score (nSPS) is 12.0. The van der Waals surface area contributed by atoms with E-state index in [1.165, 1.54) is 0 Å². The van der Waals surface area contributed by atoms with E-state index in [2.05, 4.69) is 20.8 Å². The molecule has 0 rings (SSSR count). The van der Waals surface area contributed by atoms with Crippen molar-refractivity contribution in [2.75, 3.05) is 59.5 Å². The summed E-state index contributed by atoms with van der Waals surface area (Å²) in [5, 5.41) is 0. The van der Waals surface area contributed by atoms with Crippen LogP contribution in [0.4, 0.5) is 0 Å². The largest absolute Gasteiger partial charge is 0.475 e. The van der Waals surface area contributed by atoms with Gasteiger partial charge in [0.1, 0.15) is 0 Å². The van der Waals surface area contributed by atoms with Gasteiger partial charge in [-0.05, 0) is 19.3 Å². The minimum atomic E-state index is -3.64. The fourth-order valence-corrected chi connectivity index (χ4v) is 3.52. The molecule has 0 unspecified atom stereocenters. The average Bonchev–Trinajstić information content (AvgIpc) is 2.72. The molecule has 0 atom stereocenters. The Balaban J connectivity index is 4.05. The van der Waals surface area contributed by atoms with Crippen LogP contribution in [0.5, 0.6) is 0 Å². The van der Waals surface area contributed by atoms with Gasteiger partial charge in [-0.2, -0.15) is 0 Å². The van der Waals surface area contributed by atoms with Gasteiger partial charge in [-0.15, -0.1) is 0 Å². The second kappa shape index (κ2) is 22.7. The first-order valence-corrected chi connectivity index (χ1v) is 12.9. The summed E-state index contributed by atoms with van der Waals surface area (Å²) in [6.45, 7) is 10.1. The maximum Gasteiger partial charge on any atom is 0.475 e. The van der Waals surface area contributed by atoms with E-state index in [0.717, 1.165) is 57.8 Å². The van der Waals surface area contributed by atoms with Gasteiger partial charge in [-0.25, -0.2) is 4.57 Å². The van der Waals surface area contributed by atoms with Gasteiger partial charge >= 0.3 is 7.82 Å². The highest BCUT2D eigenvalue weighted by Gasteiger charge is 2.26. The van der Waals surface area contributed by atoms with Crippen molar-refractivity contribution in [2.45, 2.75) is 78.6 Å². The summed E-state index contributed by atoms with van der Waals surface area (Å²) < 4.78 is 45.4. The van der Waals surface area contributed by atoms with Crippen LogP contribution >= 0.6 is 7.82 Å². The van der Waals surface area contributed by atoms with Crippen LogP contribution in [0.25, 0.3) is 0 Å². The van der Waals surface area contributed by atoms with E-state index in [1.807, 2.05) is 0 Å². The fourth-order valence-electron chi connectivity index (χ4n) is 2.40. The third kappa shape index (κ3) is 21.0. The van der Waals surface area contributed by atoms with Crippen molar-refractivity contribution in [1.29, 1.82) is 0 Å². The molecular formula is C21H45O7P. The fraction of sp³-hybridized carbons (Fsp3) is 1.00. The Hall–Kier alpha value is -0.0100. The van der Waals surface area contributed by atoms with E-state index in [4.69, 9.17) is 27.8 Å². The van der Waals surface area contributed by atoms with Gasteiger partial charge in [0.15, 0.2) is 0 Å². The van der Waals surface area contributed by atoms with Crippen LogP contribution in [0.1, 0.15) is 78.6 Å². The number of phosphoric acid groups is 1. The Morgan fingerprint density at radius 2 is 0.759 bits per heavy atom. The first-order chi connectivity index (χ1) is 14.2. The van der Waals surface area contributed by atoms with Crippen LogP contribution in [0.2, 0.25) is 0 Å². The van der Waals surface area contributed by atoms with E-state index < -0.39 is 7.82 Å². The Morgan fingerprint density at radius 3 is 1.03 bits per heavy atom. The monoisotopic (exact) mass is 440 g/mol. The highest BCUT2D eigenvalue weighted by Crippen LogP contribution is 2.49.